The molecule has 1 aromatic rings. The van der Waals surface area contributed by atoms with Crippen molar-refractivity contribution in [2.45, 2.75) is 39.8 Å². The highest BCUT2D eigenvalue weighted by Crippen LogP contribution is 2.05. The van der Waals surface area contributed by atoms with Crippen molar-refractivity contribution in [2.24, 2.45) is 0 Å². The zero-order chi connectivity index (χ0) is 12.8. The van der Waals surface area contributed by atoms with Crippen LogP contribution in [0, 0.1) is 0 Å². The van der Waals surface area contributed by atoms with Gasteiger partial charge in [-0.3, -0.25) is 4.90 Å². The van der Waals surface area contributed by atoms with Crippen LogP contribution in [0.3, 0.4) is 0 Å². The normalized spacial score (nSPS) is 11.5. The van der Waals surface area contributed by atoms with Crippen molar-refractivity contribution in [2.75, 3.05) is 24.1 Å². The summed E-state index contributed by atoms with van der Waals surface area (Å²) in [6, 6.07) is 1.10. The molecule has 0 atom stereocenters. The van der Waals surface area contributed by atoms with Crippen molar-refractivity contribution in [3.05, 3.63) is 12.4 Å². The molecular formula is C12H23N5. The lowest BCUT2D eigenvalue weighted by atomic mass is 10.2. The smallest absolute Gasteiger partial charge is 0.144 e. The molecule has 5 heteroatoms. The molecule has 1 aromatic heterocycles. The van der Waals surface area contributed by atoms with Crippen LogP contribution in [0.15, 0.2) is 12.4 Å². The highest BCUT2D eigenvalue weighted by Gasteiger charge is 2.12. The lowest BCUT2D eigenvalue weighted by molar-refractivity contribution is 0.182. The quantitative estimate of drug-likeness (QED) is 0.786. The summed E-state index contributed by atoms with van der Waals surface area (Å²) in [4.78, 5) is 10.6. The summed E-state index contributed by atoms with van der Waals surface area (Å²) in [5, 5.41) is 3.24. The first-order valence-electron chi connectivity index (χ1n) is 6.08. The predicted molar refractivity (Wildman–Crippen MR) is 71.9 cm³/mol. The molecule has 0 aliphatic carbocycles. The van der Waals surface area contributed by atoms with Gasteiger partial charge < -0.3 is 11.1 Å². The first-order valence-corrected chi connectivity index (χ1v) is 6.08. The Morgan fingerprint density at radius 1 is 1.18 bits per heavy atom. The standard InChI is InChI=1S/C12H23N5/c1-9(2)17(10(3)4)6-5-14-12-8-15-11(13)7-16-12/h7-10H,5-6H2,1-4H3,(H2,13,15)(H,14,16). The summed E-state index contributed by atoms with van der Waals surface area (Å²) in [5.41, 5.74) is 5.47. The highest BCUT2D eigenvalue weighted by molar-refractivity contribution is 5.35. The lowest BCUT2D eigenvalue weighted by Gasteiger charge is -2.30. The van der Waals surface area contributed by atoms with Gasteiger partial charge in [0.25, 0.3) is 0 Å². The minimum Gasteiger partial charge on any atom is -0.382 e. The van der Waals surface area contributed by atoms with E-state index in [4.69, 9.17) is 5.73 Å². The molecule has 0 bridgehead atoms. The maximum atomic E-state index is 5.47. The highest BCUT2D eigenvalue weighted by atomic mass is 15.2. The zero-order valence-electron chi connectivity index (χ0n) is 11.1. The van der Waals surface area contributed by atoms with Gasteiger partial charge in [0.15, 0.2) is 0 Å². The van der Waals surface area contributed by atoms with E-state index < -0.39 is 0 Å². The van der Waals surface area contributed by atoms with E-state index in [0.29, 0.717) is 17.9 Å². The second-order valence-electron chi connectivity index (χ2n) is 4.68. The molecule has 0 aromatic carbocycles. The van der Waals surface area contributed by atoms with Crippen LogP contribution in [0.2, 0.25) is 0 Å². The maximum Gasteiger partial charge on any atom is 0.144 e. The second-order valence-corrected chi connectivity index (χ2v) is 4.68. The van der Waals surface area contributed by atoms with E-state index in [9.17, 15) is 0 Å². The van der Waals surface area contributed by atoms with Gasteiger partial charge in [-0.15, -0.1) is 0 Å². The summed E-state index contributed by atoms with van der Waals surface area (Å²) in [5.74, 6) is 1.22. The average Bonchev–Trinajstić information content (AvgIpc) is 2.25. The van der Waals surface area contributed by atoms with E-state index in [2.05, 4.69) is 47.9 Å². The van der Waals surface area contributed by atoms with Gasteiger partial charge in [0.1, 0.15) is 11.6 Å². The number of nitrogen functional groups attached to an aromatic ring is 1. The third-order valence-corrected chi connectivity index (χ3v) is 2.67. The Kier molecular flexibility index (Phi) is 5.15. The number of hydrogen-bond donors (Lipinski definition) is 2. The number of nitrogens with zero attached hydrogens (tertiary/aromatic N) is 3. The van der Waals surface area contributed by atoms with E-state index >= 15 is 0 Å². The predicted octanol–water partition coefficient (Wildman–Crippen LogP) is 1.59. The molecule has 3 N–H and O–H groups in total. The largest absolute Gasteiger partial charge is 0.382 e. The first-order chi connectivity index (χ1) is 8.00. The van der Waals surface area contributed by atoms with Crippen molar-refractivity contribution < 1.29 is 0 Å². The first kappa shape index (κ1) is 13.7. The van der Waals surface area contributed by atoms with E-state index in [1.54, 1.807) is 12.4 Å². The molecule has 0 unspecified atom stereocenters. The SMILES string of the molecule is CC(C)N(CCNc1cnc(N)cn1)C(C)C. The fraction of sp³-hybridized carbons (Fsp3) is 0.667. The Balaban J connectivity index is 2.38. The van der Waals surface area contributed by atoms with Crippen molar-refractivity contribution in [1.29, 1.82) is 0 Å². The van der Waals surface area contributed by atoms with Crippen LogP contribution < -0.4 is 11.1 Å². The zero-order valence-corrected chi connectivity index (χ0v) is 11.1. The van der Waals surface area contributed by atoms with Gasteiger partial charge in [-0.2, -0.15) is 0 Å². The number of rotatable bonds is 6. The third kappa shape index (κ3) is 4.56. The fourth-order valence-electron chi connectivity index (χ4n) is 1.86. The number of aromatic nitrogens is 2. The van der Waals surface area contributed by atoms with Crippen LogP contribution in [0.4, 0.5) is 11.6 Å². The number of nitrogens with one attached hydrogen (secondary N) is 1. The Bertz CT molecular complexity index is 312. The van der Waals surface area contributed by atoms with E-state index in [1.807, 2.05) is 0 Å². The van der Waals surface area contributed by atoms with Gasteiger partial charge in [0, 0.05) is 25.2 Å². The molecule has 1 heterocycles. The van der Waals surface area contributed by atoms with Gasteiger partial charge in [-0.05, 0) is 27.7 Å². The Hall–Kier alpha value is -1.36. The molecule has 5 nitrogen and oxygen atoms in total. The molecule has 0 aliphatic heterocycles. The molecule has 0 amide bonds. The molecular weight excluding hydrogens is 214 g/mol. The van der Waals surface area contributed by atoms with Crippen LogP contribution in [0.1, 0.15) is 27.7 Å². The molecule has 0 spiro atoms. The van der Waals surface area contributed by atoms with Crippen molar-refractivity contribution in [3.63, 3.8) is 0 Å². The van der Waals surface area contributed by atoms with Gasteiger partial charge in [0.2, 0.25) is 0 Å². The van der Waals surface area contributed by atoms with Crippen molar-refractivity contribution >= 4 is 11.6 Å². The summed E-state index contributed by atoms with van der Waals surface area (Å²) in [6.45, 7) is 10.7. The topological polar surface area (TPSA) is 67.1 Å². The lowest BCUT2D eigenvalue weighted by Crippen LogP contribution is -2.40. The monoisotopic (exact) mass is 237 g/mol. The van der Waals surface area contributed by atoms with Crippen LogP contribution in [0.25, 0.3) is 0 Å². The van der Waals surface area contributed by atoms with Gasteiger partial charge >= 0.3 is 0 Å². The number of hydrogen-bond acceptors (Lipinski definition) is 5. The molecule has 0 aliphatic rings. The number of nitrogens with two attached hydrogens (primary N) is 1. The summed E-state index contributed by atoms with van der Waals surface area (Å²) in [6.07, 6.45) is 3.22. The van der Waals surface area contributed by atoms with Gasteiger partial charge in [0.05, 0.1) is 12.4 Å². The average molecular weight is 237 g/mol. The Labute approximate surface area is 103 Å². The second kappa shape index (κ2) is 6.39. The Morgan fingerprint density at radius 2 is 1.82 bits per heavy atom. The van der Waals surface area contributed by atoms with Crippen LogP contribution in [-0.2, 0) is 0 Å². The molecule has 17 heavy (non-hydrogen) atoms. The minimum absolute atomic E-state index is 0.446. The Morgan fingerprint density at radius 3 is 2.29 bits per heavy atom. The third-order valence-electron chi connectivity index (χ3n) is 2.67. The fourth-order valence-corrected chi connectivity index (χ4v) is 1.86. The molecule has 96 valence electrons. The van der Waals surface area contributed by atoms with Crippen molar-refractivity contribution in [1.82, 2.24) is 14.9 Å². The molecule has 1 rings (SSSR count). The van der Waals surface area contributed by atoms with E-state index in [1.165, 1.54) is 0 Å². The van der Waals surface area contributed by atoms with E-state index in [-0.39, 0.29) is 0 Å². The molecule has 0 fully saturated rings. The van der Waals surface area contributed by atoms with Gasteiger partial charge in [-0.25, -0.2) is 9.97 Å². The summed E-state index contributed by atoms with van der Waals surface area (Å²) in [7, 11) is 0. The van der Waals surface area contributed by atoms with Crippen LogP contribution in [-0.4, -0.2) is 40.0 Å². The summed E-state index contributed by atoms with van der Waals surface area (Å²) >= 11 is 0. The van der Waals surface area contributed by atoms with Crippen molar-refractivity contribution in [3.8, 4) is 0 Å². The molecule has 0 radical (unpaired) electrons. The van der Waals surface area contributed by atoms with Gasteiger partial charge in [-0.1, -0.05) is 0 Å². The minimum atomic E-state index is 0.446. The summed E-state index contributed by atoms with van der Waals surface area (Å²) < 4.78 is 0. The maximum absolute atomic E-state index is 5.47. The molecule has 0 saturated carbocycles. The molecule has 0 saturated heterocycles. The van der Waals surface area contributed by atoms with Crippen LogP contribution >= 0.6 is 0 Å². The van der Waals surface area contributed by atoms with Crippen LogP contribution in [0.5, 0.6) is 0 Å². The number of anilines is 2. The van der Waals surface area contributed by atoms with E-state index in [0.717, 1.165) is 18.9 Å².